The number of thioether (sulfide) groups is 1. The van der Waals surface area contributed by atoms with E-state index in [2.05, 4.69) is 10.2 Å². The number of hydrogen-bond acceptors (Lipinski definition) is 7. The minimum atomic E-state index is 0.0270. The van der Waals surface area contributed by atoms with Gasteiger partial charge < -0.3 is 19.0 Å². The van der Waals surface area contributed by atoms with E-state index in [9.17, 15) is 9.59 Å². The number of carbonyl (C=O) groups excluding carboxylic acids is 2. The summed E-state index contributed by atoms with van der Waals surface area (Å²) in [5.41, 5.74) is 0.841. The summed E-state index contributed by atoms with van der Waals surface area (Å²) in [6.45, 7) is 3.73. The summed E-state index contributed by atoms with van der Waals surface area (Å²) in [4.78, 5) is 29.2. The van der Waals surface area contributed by atoms with Crippen molar-refractivity contribution in [3.8, 4) is 23.0 Å². The van der Waals surface area contributed by atoms with Crippen molar-refractivity contribution >= 4 is 23.6 Å². The molecule has 1 saturated carbocycles. The van der Waals surface area contributed by atoms with Gasteiger partial charge in [-0.3, -0.25) is 14.2 Å². The lowest BCUT2D eigenvalue weighted by molar-refractivity contribution is -0.142. The highest BCUT2D eigenvalue weighted by molar-refractivity contribution is 7.99. The molecule has 3 aromatic rings. The van der Waals surface area contributed by atoms with Crippen molar-refractivity contribution in [2.24, 2.45) is 5.92 Å². The molecule has 0 N–H and O–H groups in total. The van der Waals surface area contributed by atoms with Gasteiger partial charge in [-0.2, -0.15) is 0 Å². The Hall–Kier alpha value is -3.27. The van der Waals surface area contributed by atoms with Crippen LogP contribution in [0.3, 0.4) is 0 Å². The van der Waals surface area contributed by atoms with Crippen molar-refractivity contribution in [3.63, 3.8) is 0 Å². The van der Waals surface area contributed by atoms with Crippen LogP contribution in [0.15, 0.2) is 52.2 Å². The van der Waals surface area contributed by atoms with E-state index in [0.29, 0.717) is 36.4 Å². The van der Waals surface area contributed by atoms with Crippen molar-refractivity contribution in [1.82, 2.24) is 24.6 Å². The maximum Gasteiger partial charge on any atom is 0.233 e. The molecule has 1 atom stereocenters. The molecule has 2 amide bonds. The molecule has 3 heterocycles. The number of nitrogens with zero attached hydrogens (tertiary/aromatic N) is 5. The second kappa shape index (κ2) is 9.54. The molecule has 1 aliphatic heterocycles. The van der Waals surface area contributed by atoms with Gasteiger partial charge in [-0.1, -0.05) is 11.8 Å². The van der Waals surface area contributed by atoms with E-state index in [1.165, 1.54) is 11.8 Å². The van der Waals surface area contributed by atoms with Crippen molar-refractivity contribution in [1.29, 1.82) is 0 Å². The molecule has 178 valence electrons. The van der Waals surface area contributed by atoms with Crippen molar-refractivity contribution in [3.05, 3.63) is 42.7 Å². The molecule has 0 spiro atoms. The Morgan fingerprint density at radius 2 is 1.94 bits per heavy atom. The zero-order valence-electron chi connectivity index (χ0n) is 19.2. The zero-order valence-corrected chi connectivity index (χ0v) is 20.0. The molecule has 10 heteroatoms. The van der Waals surface area contributed by atoms with Crippen molar-refractivity contribution < 1.29 is 18.7 Å². The first-order valence-electron chi connectivity index (χ1n) is 11.4. The van der Waals surface area contributed by atoms with Crippen LogP contribution in [0.2, 0.25) is 0 Å². The average Bonchev–Trinajstić information content (AvgIpc) is 3.40. The summed E-state index contributed by atoms with van der Waals surface area (Å²) in [7, 11) is 1.62. The van der Waals surface area contributed by atoms with E-state index in [1.54, 1.807) is 19.4 Å². The molecule has 1 unspecified atom stereocenters. The van der Waals surface area contributed by atoms with E-state index in [-0.39, 0.29) is 29.5 Å². The minimum absolute atomic E-state index is 0.0270. The predicted octanol–water partition coefficient (Wildman–Crippen LogP) is 3.10. The van der Waals surface area contributed by atoms with Crippen LogP contribution in [0.4, 0.5) is 0 Å². The lowest BCUT2D eigenvalue weighted by Gasteiger charge is -2.40. The number of amides is 2. The smallest absolute Gasteiger partial charge is 0.233 e. The standard InChI is InChI=1S/C24H27N5O4S/c1-16-14-27(11-12-28(16)23(31)17-5-6-17)21(30)15-34-24-26-25-22(20-4-3-13-33-20)29(24)18-7-9-19(32-2)10-8-18/h3-4,7-10,13,16-17H,5-6,11-12,14-15H2,1-2H3. The van der Waals surface area contributed by atoms with Crippen LogP contribution in [-0.4, -0.2) is 74.9 Å². The van der Waals surface area contributed by atoms with Crippen LogP contribution in [0.1, 0.15) is 19.8 Å². The molecule has 1 aromatic carbocycles. The van der Waals surface area contributed by atoms with Gasteiger partial charge in [0, 0.05) is 31.6 Å². The fraction of sp³-hybridized carbons (Fsp3) is 0.417. The minimum Gasteiger partial charge on any atom is -0.497 e. The number of methoxy groups -OCH3 is 1. The summed E-state index contributed by atoms with van der Waals surface area (Å²) in [6.07, 6.45) is 3.58. The van der Waals surface area contributed by atoms with Crippen LogP contribution in [0.5, 0.6) is 5.75 Å². The van der Waals surface area contributed by atoms with Crippen LogP contribution >= 0.6 is 11.8 Å². The van der Waals surface area contributed by atoms with E-state index < -0.39 is 0 Å². The maximum absolute atomic E-state index is 13.0. The largest absolute Gasteiger partial charge is 0.497 e. The van der Waals surface area contributed by atoms with Crippen LogP contribution < -0.4 is 4.74 Å². The Morgan fingerprint density at radius 1 is 1.15 bits per heavy atom. The molecule has 0 bridgehead atoms. The third-order valence-corrected chi connectivity index (χ3v) is 7.13. The fourth-order valence-electron chi connectivity index (χ4n) is 4.19. The summed E-state index contributed by atoms with van der Waals surface area (Å²) in [5.74, 6) is 2.60. The summed E-state index contributed by atoms with van der Waals surface area (Å²) < 4.78 is 12.7. The van der Waals surface area contributed by atoms with Gasteiger partial charge in [-0.15, -0.1) is 10.2 Å². The molecule has 9 nitrogen and oxygen atoms in total. The topological polar surface area (TPSA) is 93.7 Å². The van der Waals surface area contributed by atoms with Gasteiger partial charge >= 0.3 is 0 Å². The molecule has 0 radical (unpaired) electrons. The van der Waals surface area contributed by atoms with Gasteiger partial charge in [-0.25, -0.2) is 0 Å². The lowest BCUT2D eigenvalue weighted by atomic mass is 10.1. The van der Waals surface area contributed by atoms with Gasteiger partial charge in [0.15, 0.2) is 10.9 Å². The number of carbonyl (C=O) groups is 2. The second-order valence-electron chi connectivity index (χ2n) is 8.60. The molecule has 1 saturated heterocycles. The normalized spacial score (nSPS) is 18.2. The zero-order chi connectivity index (χ0) is 23.7. The predicted molar refractivity (Wildman–Crippen MR) is 127 cm³/mol. The average molecular weight is 482 g/mol. The van der Waals surface area contributed by atoms with Gasteiger partial charge in [0.25, 0.3) is 0 Å². The maximum atomic E-state index is 13.0. The molecule has 5 rings (SSSR count). The summed E-state index contributed by atoms with van der Waals surface area (Å²) in [6, 6.07) is 11.2. The highest BCUT2D eigenvalue weighted by atomic mass is 32.2. The van der Waals surface area contributed by atoms with E-state index in [0.717, 1.165) is 24.3 Å². The molecular weight excluding hydrogens is 454 g/mol. The first-order valence-corrected chi connectivity index (χ1v) is 12.4. The Morgan fingerprint density at radius 3 is 2.59 bits per heavy atom. The van der Waals surface area contributed by atoms with E-state index >= 15 is 0 Å². The molecular formula is C24H27N5O4S. The highest BCUT2D eigenvalue weighted by Gasteiger charge is 2.38. The van der Waals surface area contributed by atoms with E-state index in [1.807, 2.05) is 51.6 Å². The summed E-state index contributed by atoms with van der Waals surface area (Å²) >= 11 is 1.34. The SMILES string of the molecule is COc1ccc(-n2c(SCC(=O)N3CCN(C(=O)C4CC4)C(C)C3)nnc2-c2ccco2)cc1. The Kier molecular flexibility index (Phi) is 6.32. The summed E-state index contributed by atoms with van der Waals surface area (Å²) in [5, 5.41) is 9.27. The first-order chi connectivity index (χ1) is 16.5. The number of furan rings is 1. The third-order valence-electron chi connectivity index (χ3n) is 6.22. The number of benzene rings is 1. The third kappa shape index (κ3) is 4.54. The number of aromatic nitrogens is 3. The van der Waals surface area contributed by atoms with Gasteiger partial charge in [0.2, 0.25) is 17.6 Å². The van der Waals surface area contributed by atoms with E-state index in [4.69, 9.17) is 9.15 Å². The van der Waals surface area contributed by atoms with Crippen LogP contribution in [0.25, 0.3) is 17.3 Å². The Balaban J connectivity index is 1.29. The Labute approximate surface area is 202 Å². The van der Waals surface area contributed by atoms with Crippen molar-refractivity contribution in [2.45, 2.75) is 31.0 Å². The van der Waals surface area contributed by atoms with Gasteiger partial charge in [-0.05, 0) is 56.2 Å². The Bertz CT molecular complexity index is 1160. The van der Waals surface area contributed by atoms with Crippen molar-refractivity contribution in [2.75, 3.05) is 32.5 Å². The molecule has 2 aliphatic rings. The molecule has 34 heavy (non-hydrogen) atoms. The fourth-order valence-corrected chi connectivity index (χ4v) is 5.04. The highest BCUT2D eigenvalue weighted by Crippen LogP contribution is 2.33. The number of hydrogen-bond donors (Lipinski definition) is 0. The van der Waals surface area contributed by atoms with Gasteiger partial charge in [0.05, 0.1) is 24.8 Å². The lowest BCUT2D eigenvalue weighted by Crippen LogP contribution is -2.56. The second-order valence-corrected chi connectivity index (χ2v) is 9.54. The molecule has 1 aliphatic carbocycles. The van der Waals surface area contributed by atoms with Crippen LogP contribution in [-0.2, 0) is 9.59 Å². The molecule has 2 aromatic heterocycles. The number of rotatable bonds is 7. The van der Waals surface area contributed by atoms with Crippen LogP contribution in [0, 0.1) is 5.92 Å². The monoisotopic (exact) mass is 481 g/mol. The van der Waals surface area contributed by atoms with Gasteiger partial charge in [0.1, 0.15) is 5.75 Å². The number of piperazine rings is 1. The first kappa shape index (κ1) is 22.5. The number of ether oxygens (including phenoxy) is 1. The molecule has 2 fully saturated rings. The quantitative estimate of drug-likeness (QED) is 0.479.